The van der Waals surface area contributed by atoms with E-state index in [0.717, 1.165) is 26.9 Å². The van der Waals surface area contributed by atoms with Crippen molar-refractivity contribution in [2.45, 2.75) is 31.8 Å². The molecule has 0 saturated heterocycles. The van der Waals surface area contributed by atoms with Crippen LogP contribution in [-0.2, 0) is 23.1 Å². The van der Waals surface area contributed by atoms with Gasteiger partial charge in [0.05, 0.1) is 5.52 Å². The maximum absolute atomic E-state index is 14.6. The first-order valence-corrected chi connectivity index (χ1v) is 12.4. The Hall–Kier alpha value is -3.69. The number of halogens is 1. The number of nitrogens with one attached hydrogen (secondary N) is 1. The van der Waals surface area contributed by atoms with Crippen molar-refractivity contribution in [3.8, 4) is 11.5 Å². The third kappa shape index (κ3) is 4.40. The normalized spacial score (nSPS) is 13.0. The van der Waals surface area contributed by atoms with Crippen molar-refractivity contribution in [2.24, 2.45) is 0 Å². The number of fused-ring (bicyclic) bond motifs is 2. The molecule has 1 aromatic heterocycles. The highest BCUT2D eigenvalue weighted by atomic mass is 32.2. The van der Waals surface area contributed by atoms with E-state index in [1.807, 2.05) is 26.0 Å². The van der Waals surface area contributed by atoms with Crippen LogP contribution in [0.15, 0.2) is 70.4 Å². The summed E-state index contributed by atoms with van der Waals surface area (Å²) in [4.78, 5) is 15.4. The molecule has 0 bridgehead atoms. The Kier molecular flexibility index (Phi) is 5.82. The highest BCUT2D eigenvalue weighted by molar-refractivity contribution is 7.89. The van der Waals surface area contributed by atoms with Gasteiger partial charge in [-0.1, -0.05) is 29.8 Å². The minimum atomic E-state index is -4.30. The maximum atomic E-state index is 14.6. The third-order valence-electron chi connectivity index (χ3n) is 5.97. The molecule has 180 valence electrons. The molecule has 0 spiro atoms. The first-order chi connectivity index (χ1) is 16.7. The molecule has 0 aliphatic carbocycles. The summed E-state index contributed by atoms with van der Waals surface area (Å²) in [5.41, 5.74) is 3.10. The molecular weight excluding hydrogens is 471 g/mol. The van der Waals surface area contributed by atoms with Crippen LogP contribution in [0.4, 0.5) is 4.39 Å². The number of rotatable bonds is 6. The maximum Gasteiger partial charge on any atom is 0.252 e. The zero-order valence-corrected chi connectivity index (χ0v) is 20.0. The van der Waals surface area contributed by atoms with Crippen LogP contribution in [0.3, 0.4) is 0 Å². The molecule has 3 aromatic carbocycles. The summed E-state index contributed by atoms with van der Waals surface area (Å²) in [6.45, 7) is 3.59. The Balaban J connectivity index is 1.59. The number of aromatic nitrogens is 1. The lowest BCUT2D eigenvalue weighted by Crippen LogP contribution is -2.33. The molecule has 7 nitrogen and oxygen atoms in total. The Morgan fingerprint density at radius 2 is 1.74 bits per heavy atom. The Labute approximate surface area is 201 Å². The van der Waals surface area contributed by atoms with E-state index in [2.05, 4.69) is 4.98 Å². The molecule has 2 heterocycles. The van der Waals surface area contributed by atoms with E-state index in [1.54, 1.807) is 24.3 Å². The molecule has 0 saturated carbocycles. The Morgan fingerprint density at radius 1 is 0.971 bits per heavy atom. The van der Waals surface area contributed by atoms with Gasteiger partial charge in [-0.05, 0) is 66.8 Å². The number of hydrogen-bond acceptors (Lipinski definition) is 5. The highest BCUT2D eigenvalue weighted by Gasteiger charge is 2.29. The summed E-state index contributed by atoms with van der Waals surface area (Å²) >= 11 is 0. The molecule has 35 heavy (non-hydrogen) atoms. The SMILES string of the molecule is Cc1cc(C)c2[nH]c(=O)c(CN(Cc3ccc4c(c3)OCO4)S(=O)(=O)c3ccccc3F)cc2c1. The number of sulfonamides is 1. The van der Waals surface area contributed by atoms with Gasteiger partial charge in [0.15, 0.2) is 11.5 Å². The van der Waals surface area contributed by atoms with E-state index in [-0.39, 0.29) is 25.4 Å². The van der Waals surface area contributed by atoms with E-state index >= 15 is 0 Å². The molecule has 5 rings (SSSR count). The van der Waals surface area contributed by atoms with Crippen molar-refractivity contribution in [2.75, 3.05) is 6.79 Å². The predicted molar refractivity (Wildman–Crippen MR) is 129 cm³/mol. The molecule has 0 radical (unpaired) electrons. The van der Waals surface area contributed by atoms with Crippen LogP contribution in [0.25, 0.3) is 10.9 Å². The highest BCUT2D eigenvalue weighted by Crippen LogP contribution is 2.33. The molecule has 1 aliphatic rings. The number of benzene rings is 3. The number of ether oxygens (including phenoxy) is 2. The average Bonchev–Trinajstić information content (AvgIpc) is 3.28. The fraction of sp³-hybridized carbons (Fsp3) is 0.192. The van der Waals surface area contributed by atoms with Gasteiger partial charge in [-0.2, -0.15) is 4.31 Å². The van der Waals surface area contributed by atoms with Crippen LogP contribution in [-0.4, -0.2) is 24.5 Å². The number of pyridine rings is 1. The van der Waals surface area contributed by atoms with Gasteiger partial charge < -0.3 is 14.5 Å². The van der Waals surface area contributed by atoms with Gasteiger partial charge in [-0.25, -0.2) is 12.8 Å². The van der Waals surface area contributed by atoms with Crippen molar-refractivity contribution in [3.05, 3.63) is 99.1 Å². The van der Waals surface area contributed by atoms with E-state index in [1.165, 1.54) is 18.2 Å². The predicted octanol–water partition coefficient (Wildman–Crippen LogP) is 4.40. The third-order valence-corrected chi connectivity index (χ3v) is 7.79. The summed E-state index contributed by atoms with van der Waals surface area (Å²) in [5, 5.41) is 0.795. The van der Waals surface area contributed by atoms with Crippen LogP contribution < -0.4 is 15.0 Å². The summed E-state index contributed by atoms with van der Waals surface area (Å²) in [7, 11) is -4.30. The van der Waals surface area contributed by atoms with E-state index < -0.39 is 26.3 Å². The molecule has 9 heteroatoms. The second-order valence-electron chi connectivity index (χ2n) is 8.56. The van der Waals surface area contributed by atoms with Gasteiger partial charge >= 0.3 is 0 Å². The molecule has 0 amide bonds. The lowest BCUT2D eigenvalue weighted by molar-refractivity contribution is 0.174. The van der Waals surface area contributed by atoms with Crippen LogP contribution in [0.5, 0.6) is 11.5 Å². The van der Waals surface area contributed by atoms with Gasteiger partial charge in [-0.15, -0.1) is 0 Å². The van der Waals surface area contributed by atoms with Gasteiger partial charge in [0.25, 0.3) is 5.56 Å². The van der Waals surface area contributed by atoms with Crippen molar-refractivity contribution >= 4 is 20.9 Å². The molecule has 1 N–H and O–H groups in total. The summed E-state index contributed by atoms with van der Waals surface area (Å²) in [5.74, 6) is 0.205. The molecule has 1 aliphatic heterocycles. The zero-order valence-electron chi connectivity index (χ0n) is 19.2. The van der Waals surface area contributed by atoms with Crippen LogP contribution in [0.1, 0.15) is 22.3 Å². The summed E-state index contributed by atoms with van der Waals surface area (Å²) < 4.78 is 53.6. The van der Waals surface area contributed by atoms with Crippen LogP contribution >= 0.6 is 0 Å². The van der Waals surface area contributed by atoms with E-state index in [4.69, 9.17) is 9.47 Å². The van der Waals surface area contributed by atoms with Crippen LogP contribution in [0, 0.1) is 19.7 Å². The van der Waals surface area contributed by atoms with Gasteiger partial charge in [0.1, 0.15) is 10.7 Å². The quantitative estimate of drug-likeness (QED) is 0.429. The lowest BCUT2D eigenvalue weighted by atomic mass is 10.1. The van der Waals surface area contributed by atoms with Gasteiger partial charge in [0, 0.05) is 18.7 Å². The van der Waals surface area contributed by atoms with Crippen molar-refractivity contribution in [1.82, 2.24) is 9.29 Å². The first-order valence-electron chi connectivity index (χ1n) is 11.0. The van der Waals surface area contributed by atoms with E-state index in [0.29, 0.717) is 22.6 Å². The molecular formula is C26H23FN2O5S. The van der Waals surface area contributed by atoms with Gasteiger partial charge in [-0.3, -0.25) is 4.79 Å². The lowest BCUT2D eigenvalue weighted by Gasteiger charge is -2.23. The minimum Gasteiger partial charge on any atom is -0.454 e. The first kappa shape index (κ1) is 23.1. The number of aryl methyl sites for hydroxylation is 2. The van der Waals surface area contributed by atoms with Crippen molar-refractivity contribution in [3.63, 3.8) is 0 Å². The molecule has 0 atom stereocenters. The zero-order chi connectivity index (χ0) is 24.7. The largest absolute Gasteiger partial charge is 0.454 e. The number of H-pyrrole nitrogens is 1. The van der Waals surface area contributed by atoms with E-state index in [9.17, 15) is 17.6 Å². The smallest absolute Gasteiger partial charge is 0.252 e. The summed E-state index contributed by atoms with van der Waals surface area (Å²) in [6.07, 6.45) is 0. The van der Waals surface area contributed by atoms with Gasteiger partial charge in [0.2, 0.25) is 16.8 Å². The molecule has 0 fully saturated rings. The monoisotopic (exact) mass is 494 g/mol. The summed E-state index contributed by atoms with van der Waals surface area (Å²) in [6, 6.07) is 15.9. The molecule has 4 aromatic rings. The fourth-order valence-electron chi connectivity index (χ4n) is 4.30. The average molecular weight is 495 g/mol. The minimum absolute atomic E-state index is 0.0846. The number of aromatic amines is 1. The van der Waals surface area contributed by atoms with Crippen molar-refractivity contribution in [1.29, 1.82) is 0 Å². The number of nitrogens with zero attached hydrogens (tertiary/aromatic N) is 1. The Bertz CT molecular complexity index is 1610. The molecule has 0 unspecified atom stereocenters. The second-order valence-corrected chi connectivity index (χ2v) is 10.5. The standard InChI is InChI=1S/C26H23FN2O5S/c1-16-9-17(2)25-19(10-16)12-20(26(30)28-25)14-29(35(31,32)24-6-4-3-5-21(24)27)13-18-7-8-22-23(11-18)34-15-33-22/h3-12H,13-15H2,1-2H3,(H,28,30). The second kappa shape index (κ2) is 8.83. The fourth-order valence-corrected chi connectivity index (χ4v) is 5.77. The number of hydrogen-bond donors (Lipinski definition) is 1. The van der Waals surface area contributed by atoms with Crippen molar-refractivity contribution < 1.29 is 22.3 Å². The topological polar surface area (TPSA) is 88.7 Å². The van der Waals surface area contributed by atoms with Crippen LogP contribution in [0.2, 0.25) is 0 Å². The Morgan fingerprint density at radius 3 is 2.54 bits per heavy atom.